The van der Waals surface area contributed by atoms with Crippen molar-refractivity contribution in [2.24, 2.45) is 11.3 Å². The van der Waals surface area contributed by atoms with E-state index < -0.39 is 0 Å². The van der Waals surface area contributed by atoms with Gasteiger partial charge < -0.3 is 19.3 Å². The van der Waals surface area contributed by atoms with Crippen LogP contribution in [0.15, 0.2) is 18.5 Å². The Bertz CT molecular complexity index is 477. The van der Waals surface area contributed by atoms with Crippen molar-refractivity contribution in [1.29, 1.82) is 0 Å². The van der Waals surface area contributed by atoms with Crippen LogP contribution in [-0.2, 0) is 9.47 Å². The van der Waals surface area contributed by atoms with Gasteiger partial charge in [-0.15, -0.1) is 0 Å². The number of ether oxygens (including phenoxy) is 2. The van der Waals surface area contributed by atoms with Crippen molar-refractivity contribution >= 4 is 5.95 Å². The van der Waals surface area contributed by atoms with Crippen LogP contribution in [0.25, 0.3) is 0 Å². The van der Waals surface area contributed by atoms with E-state index in [1.54, 1.807) is 7.11 Å². The van der Waals surface area contributed by atoms with Gasteiger partial charge in [-0.1, -0.05) is 0 Å². The molecule has 0 amide bonds. The van der Waals surface area contributed by atoms with Gasteiger partial charge >= 0.3 is 0 Å². The first-order chi connectivity index (χ1) is 11.3. The first kappa shape index (κ1) is 16.6. The Morgan fingerprint density at radius 1 is 1.17 bits per heavy atom. The van der Waals surface area contributed by atoms with Crippen LogP contribution >= 0.6 is 0 Å². The van der Waals surface area contributed by atoms with Crippen LogP contribution in [0.1, 0.15) is 12.8 Å². The van der Waals surface area contributed by atoms with Gasteiger partial charge in [-0.3, -0.25) is 0 Å². The molecule has 1 unspecified atom stereocenters. The van der Waals surface area contributed by atoms with Crippen molar-refractivity contribution < 1.29 is 9.47 Å². The molecule has 3 heterocycles. The van der Waals surface area contributed by atoms with Gasteiger partial charge in [0.15, 0.2) is 0 Å². The van der Waals surface area contributed by atoms with E-state index in [2.05, 4.69) is 19.8 Å². The highest BCUT2D eigenvalue weighted by molar-refractivity contribution is 5.29. The molecule has 1 aromatic rings. The van der Waals surface area contributed by atoms with E-state index in [9.17, 15) is 0 Å². The molecule has 0 aliphatic carbocycles. The van der Waals surface area contributed by atoms with E-state index in [4.69, 9.17) is 9.47 Å². The van der Waals surface area contributed by atoms with Gasteiger partial charge in [0.1, 0.15) is 0 Å². The Balaban J connectivity index is 1.64. The molecule has 2 fully saturated rings. The lowest BCUT2D eigenvalue weighted by Gasteiger charge is -2.42. The molecule has 1 atom stereocenters. The molecule has 1 spiro atoms. The maximum absolute atomic E-state index is 5.52. The third-order valence-corrected chi connectivity index (χ3v) is 5.46. The van der Waals surface area contributed by atoms with Gasteiger partial charge in [0.2, 0.25) is 5.95 Å². The first-order valence-electron chi connectivity index (χ1n) is 8.49. The van der Waals surface area contributed by atoms with Gasteiger partial charge in [-0.2, -0.15) is 0 Å². The van der Waals surface area contributed by atoms with Crippen molar-refractivity contribution in [3.05, 3.63) is 18.5 Å². The van der Waals surface area contributed by atoms with Crippen LogP contribution in [-0.4, -0.2) is 75.0 Å². The van der Waals surface area contributed by atoms with Crippen molar-refractivity contribution in [3.8, 4) is 0 Å². The van der Waals surface area contributed by atoms with Crippen LogP contribution in [0.5, 0.6) is 0 Å². The Labute approximate surface area is 138 Å². The molecule has 6 heteroatoms. The fourth-order valence-electron chi connectivity index (χ4n) is 4.14. The summed E-state index contributed by atoms with van der Waals surface area (Å²) in [6.07, 6.45) is 6.01. The lowest BCUT2D eigenvalue weighted by molar-refractivity contribution is 0.0760. The second-order valence-corrected chi connectivity index (χ2v) is 6.78. The van der Waals surface area contributed by atoms with Gasteiger partial charge in [-0.05, 0) is 24.3 Å². The Hall–Kier alpha value is -1.24. The number of piperidine rings is 1. The molecule has 0 aromatic carbocycles. The van der Waals surface area contributed by atoms with Crippen LogP contribution < -0.4 is 4.90 Å². The molecule has 2 aliphatic heterocycles. The summed E-state index contributed by atoms with van der Waals surface area (Å²) in [5, 5.41) is 0. The molecule has 2 saturated heterocycles. The average molecular weight is 320 g/mol. The minimum Gasteiger partial charge on any atom is -0.384 e. The standard InChI is InChI=1S/C17H28N4O2/c1-22-11-10-20-12-15(13-23-2)17(14-20)4-8-21(9-5-17)16-18-6-3-7-19-16/h3,6-7,15H,4-5,8-14H2,1-2H3. The molecule has 3 rings (SSSR count). The van der Waals surface area contributed by atoms with Crippen LogP contribution in [0.4, 0.5) is 5.95 Å². The topological polar surface area (TPSA) is 50.7 Å². The number of hydrogen-bond donors (Lipinski definition) is 0. The lowest BCUT2D eigenvalue weighted by atomic mass is 9.71. The molecule has 0 bridgehead atoms. The zero-order valence-corrected chi connectivity index (χ0v) is 14.3. The molecule has 23 heavy (non-hydrogen) atoms. The zero-order chi connectivity index (χ0) is 16.1. The van der Waals surface area contributed by atoms with Gasteiger partial charge in [-0.25, -0.2) is 9.97 Å². The number of hydrogen-bond acceptors (Lipinski definition) is 6. The average Bonchev–Trinajstić information content (AvgIpc) is 2.92. The van der Waals surface area contributed by atoms with Crippen LogP contribution in [0.2, 0.25) is 0 Å². The number of methoxy groups -OCH3 is 2. The monoisotopic (exact) mass is 320 g/mol. The third kappa shape index (κ3) is 3.65. The number of aromatic nitrogens is 2. The summed E-state index contributed by atoms with van der Waals surface area (Å²) in [6, 6.07) is 1.87. The van der Waals surface area contributed by atoms with E-state index in [-0.39, 0.29) is 0 Å². The number of nitrogens with zero attached hydrogens (tertiary/aromatic N) is 4. The molecule has 2 aliphatic rings. The molecule has 0 saturated carbocycles. The quantitative estimate of drug-likeness (QED) is 0.787. The minimum atomic E-state index is 0.370. The molecule has 128 valence electrons. The predicted octanol–water partition coefficient (Wildman–Crippen LogP) is 1.29. The van der Waals surface area contributed by atoms with Crippen molar-refractivity contribution in [2.75, 3.05) is 65.1 Å². The lowest BCUT2D eigenvalue weighted by Crippen LogP contribution is -2.45. The number of rotatable bonds is 6. The summed E-state index contributed by atoms with van der Waals surface area (Å²) in [5.41, 5.74) is 0.370. The molecular formula is C17H28N4O2. The Kier molecular flexibility index (Phi) is 5.46. The number of anilines is 1. The number of likely N-dealkylation sites (tertiary alicyclic amines) is 1. The highest BCUT2D eigenvalue weighted by Crippen LogP contribution is 2.45. The van der Waals surface area contributed by atoms with Crippen molar-refractivity contribution in [2.45, 2.75) is 12.8 Å². The summed E-state index contributed by atoms with van der Waals surface area (Å²) in [4.78, 5) is 13.6. The molecular weight excluding hydrogens is 292 g/mol. The molecule has 6 nitrogen and oxygen atoms in total. The largest absolute Gasteiger partial charge is 0.384 e. The van der Waals surface area contributed by atoms with Gasteiger partial charge in [0.05, 0.1) is 13.2 Å². The molecule has 0 N–H and O–H groups in total. The highest BCUT2D eigenvalue weighted by atomic mass is 16.5. The summed E-state index contributed by atoms with van der Waals surface area (Å²) < 4.78 is 10.8. The Morgan fingerprint density at radius 2 is 1.91 bits per heavy atom. The van der Waals surface area contributed by atoms with Crippen LogP contribution in [0.3, 0.4) is 0 Å². The fraction of sp³-hybridized carbons (Fsp3) is 0.765. The first-order valence-corrected chi connectivity index (χ1v) is 8.49. The summed E-state index contributed by atoms with van der Waals surface area (Å²) in [7, 11) is 3.59. The molecule has 0 radical (unpaired) electrons. The highest BCUT2D eigenvalue weighted by Gasteiger charge is 2.47. The fourth-order valence-corrected chi connectivity index (χ4v) is 4.14. The zero-order valence-electron chi connectivity index (χ0n) is 14.3. The smallest absolute Gasteiger partial charge is 0.225 e. The second kappa shape index (κ2) is 7.55. The SMILES string of the molecule is COCCN1CC(COC)C2(CCN(c3ncccn3)CC2)C1. The molecule has 1 aromatic heterocycles. The van der Waals surface area contributed by atoms with Crippen molar-refractivity contribution in [1.82, 2.24) is 14.9 Å². The second-order valence-electron chi connectivity index (χ2n) is 6.78. The summed E-state index contributed by atoms with van der Waals surface area (Å²) >= 11 is 0. The summed E-state index contributed by atoms with van der Waals surface area (Å²) in [5.74, 6) is 1.48. The summed E-state index contributed by atoms with van der Waals surface area (Å²) in [6.45, 7) is 7.02. The van der Waals surface area contributed by atoms with E-state index in [1.807, 2.05) is 25.6 Å². The maximum Gasteiger partial charge on any atom is 0.225 e. The minimum absolute atomic E-state index is 0.370. The van der Waals surface area contributed by atoms with E-state index in [0.717, 1.165) is 51.9 Å². The van der Waals surface area contributed by atoms with Gasteiger partial charge in [0.25, 0.3) is 0 Å². The van der Waals surface area contributed by atoms with Gasteiger partial charge in [0, 0.05) is 65.3 Å². The van der Waals surface area contributed by atoms with E-state index in [1.165, 1.54) is 12.8 Å². The van der Waals surface area contributed by atoms with Crippen molar-refractivity contribution in [3.63, 3.8) is 0 Å². The Morgan fingerprint density at radius 3 is 2.57 bits per heavy atom. The van der Waals surface area contributed by atoms with Crippen LogP contribution in [0, 0.1) is 11.3 Å². The van der Waals surface area contributed by atoms with E-state index >= 15 is 0 Å². The maximum atomic E-state index is 5.52. The predicted molar refractivity (Wildman–Crippen MR) is 89.6 cm³/mol. The normalized spacial score (nSPS) is 24.4. The van der Waals surface area contributed by atoms with E-state index in [0.29, 0.717) is 11.3 Å². The third-order valence-electron chi connectivity index (χ3n) is 5.46.